The number of hydrogen-bond donors (Lipinski definition) is 4. The molecule has 0 radical (unpaired) electrons. The molecule has 1 amide bonds. The first-order chi connectivity index (χ1) is 6.02. The van der Waals surface area contributed by atoms with Crippen LogP contribution < -0.4 is 5.32 Å². The summed E-state index contributed by atoms with van der Waals surface area (Å²) in [6, 6.07) is 0. The number of ether oxygens (including phenoxy) is 1. The minimum absolute atomic E-state index is 0.0740. The van der Waals surface area contributed by atoms with E-state index in [1.807, 2.05) is 0 Å². The van der Waals surface area contributed by atoms with Crippen molar-refractivity contribution in [1.82, 2.24) is 5.32 Å². The second kappa shape index (κ2) is 4.01. The number of aliphatic hydroxyl groups is 3. The van der Waals surface area contributed by atoms with Crippen LogP contribution in [0.25, 0.3) is 0 Å². The summed E-state index contributed by atoms with van der Waals surface area (Å²) >= 11 is 0. The topological polar surface area (TPSA) is 99.0 Å². The van der Waals surface area contributed by atoms with E-state index in [0.29, 0.717) is 0 Å². The van der Waals surface area contributed by atoms with Crippen molar-refractivity contribution in [2.45, 2.75) is 31.5 Å². The van der Waals surface area contributed by atoms with Gasteiger partial charge in [-0.2, -0.15) is 0 Å². The Bertz CT molecular complexity index is 197. The van der Waals surface area contributed by atoms with Gasteiger partial charge in [0.25, 0.3) is 0 Å². The highest BCUT2D eigenvalue weighted by Crippen LogP contribution is 2.18. The maximum Gasteiger partial charge on any atom is 0.216 e. The van der Waals surface area contributed by atoms with E-state index in [9.17, 15) is 9.90 Å². The fourth-order valence-electron chi connectivity index (χ4n) is 1.14. The Balaban J connectivity index is 2.40. The van der Waals surface area contributed by atoms with Crippen LogP contribution in [-0.4, -0.2) is 52.4 Å². The lowest BCUT2D eigenvalue weighted by molar-refractivity contribution is -0.130. The summed E-state index contributed by atoms with van der Waals surface area (Å²) in [4.78, 5) is 10.5. The Morgan fingerprint density at radius 1 is 1.38 bits per heavy atom. The summed E-state index contributed by atoms with van der Waals surface area (Å²) in [6.07, 6.45) is -4.61. The number of hydrogen-bond acceptors (Lipinski definition) is 5. The maximum atomic E-state index is 10.5. The van der Waals surface area contributed by atoms with Gasteiger partial charge in [0.05, 0.1) is 0 Å². The normalized spacial score (nSPS) is 39.1. The summed E-state index contributed by atoms with van der Waals surface area (Å²) in [7, 11) is 0. The Morgan fingerprint density at radius 3 is 2.38 bits per heavy atom. The Hall–Kier alpha value is -0.690. The number of rotatable bonds is 2. The molecule has 6 nitrogen and oxygen atoms in total. The molecule has 0 aromatic carbocycles. The van der Waals surface area contributed by atoms with Gasteiger partial charge in [0.1, 0.15) is 18.3 Å². The summed E-state index contributed by atoms with van der Waals surface area (Å²) in [5.74, 6) is -0.258. The van der Waals surface area contributed by atoms with Crippen molar-refractivity contribution in [2.24, 2.45) is 0 Å². The molecule has 1 heterocycles. The van der Waals surface area contributed by atoms with Gasteiger partial charge in [-0.25, -0.2) is 0 Å². The fourth-order valence-corrected chi connectivity index (χ4v) is 1.14. The molecule has 0 aromatic rings. The van der Waals surface area contributed by atoms with E-state index in [2.05, 4.69) is 5.32 Å². The molecule has 0 bridgehead atoms. The lowest BCUT2D eigenvalue weighted by atomic mass is 10.1. The molecule has 4 atom stereocenters. The second-order valence-electron chi connectivity index (χ2n) is 2.98. The van der Waals surface area contributed by atoms with Gasteiger partial charge in [0.2, 0.25) is 5.91 Å². The molecule has 0 saturated carbocycles. The van der Waals surface area contributed by atoms with Gasteiger partial charge in [-0.15, -0.1) is 0 Å². The van der Waals surface area contributed by atoms with E-state index < -0.39 is 24.6 Å². The lowest BCUT2D eigenvalue weighted by Crippen LogP contribution is -2.39. The van der Waals surface area contributed by atoms with Crippen molar-refractivity contribution in [3.63, 3.8) is 0 Å². The van der Waals surface area contributed by atoms with Crippen LogP contribution in [0.3, 0.4) is 0 Å². The van der Waals surface area contributed by atoms with Gasteiger partial charge in [-0.05, 0) is 0 Å². The molecule has 0 spiro atoms. The molecular formula is C7H13NO5. The SMILES string of the molecule is CC(=O)NC[C@H]1OC(O)[C@H](O)[C@@H]1O. The smallest absolute Gasteiger partial charge is 0.216 e. The number of nitrogens with one attached hydrogen (secondary N) is 1. The molecule has 0 aliphatic carbocycles. The second-order valence-corrected chi connectivity index (χ2v) is 2.98. The maximum absolute atomic E-state index is 10.5. The summed E-state index contributed by atoms with van der Waals surface area (Å²) in [6.45, 7) is 1.40. The van der Waals surface area contributed by atoms with Crippen LogP contribution in [0.15, 0.2) is 0 Å². The van der Waals surface area contributed by atoms with Gasteiger partial charge in [-0.1, -0.05) is 0 Å². The molecule has 1 saturated heterocycles. The highest BCUT2D eigenvalue weighted by Gasteiger charge is 2.41. The molecule has 1 rings (SSSR count). The zero-order chi connectivity index (χ0) is 10.0. The zero-order valence-electron chi connectivity index (χ0n) is 7.17. The highest BCUT2D eigenvalue weighted by molar-refractivity contribution is 5.72. The molecule has 76 valence electrons. The first-order valence-corrected chi connectivity index (χ1v) is 3.96. The largest absolute Gasteiger partial charge is 0.387 e. The molecule has 1 aliphatic rings. The van der Waals surface area contributed by atoms with Crippen LogP contribution in [0.5, 0.6) is 0 Å². The van der Waals surface area contributed by atoms with Crippen molar-refractivity contribution in [3.05, 3.63) is 0 Å². The minimum Gasteiger partial charge on any atom is -0.387 e. The predicted octanol–water partition coefficient (Wildman–Crippen LogP) is -2.44. The van der Waals surface area contributed by atoms with Crippen LogP contribution in [0.4, 0.5) is 0 Å². The average Bonchev–Trinajstić information content (AvgIpc) is 2.29. The van der Waals surface area contributed by atoms with Crippen LogP contribution >= 0.6 is 0 Å². The number of carbonyl (C=O) groups is 1. The minimum atomic E-state index is -1.38. The zero-order valence-corrected chi connectivity index (χ0v) is 7.17. The molecule has 1 fully saturated rings. The van der Waals surface area contributed by atoms with Gasteiger partial charge in [-0.3, -0.25) is 4.79 Å². The fraction of sp³-hybridized carbons (Fsp3) is 0.857. The monoisotopic (exact) mass is 191 g/mol. The Morgan fingerprint density at radius 2 is 2.00 bits per heavy atom. The quantitative estimate of drug-likeness (QED) is 0.388. The van der Waals surface area contributed by atoms with Gasteiger partial charge < -0.3 is 25.4 Å². The van der Waals surface area contributed by atoms with E-state index in [4.69, 9.17) is 14.9 Å². The third-order valence-corrected chi connectivity index (χ3v) is 1.89. The summed E-state index contributed by atoms with van der Waals surface area (Å²) < 4.78 is 4.78. The van der Waals surface area contributed by atoms with E-state index in [-0.39, 0.29) is 12.5 Å². The summed E-state index contributed by atoms with van der Waals surface area (Å²) in [5, 5.41) is 29.7. The van der Waals surface area contributed by atoms with Crippen molar-refractivity contribution in [2.75, 3.05) is 6.54 Å². The molecule has 13 heavy (non-hydrogen) atoms. The van der Waals surface area contributed by atoms with Crippen molar-refractivity contribution >= 4 is 5.91 Å². The predicted molar refractivity (Wildman–Crippen MR) is 41.6 cm³/mol. The van der Waals surface area contributed by atoms with E-state index in [1.54, 1.807) is 0 Å². The van der Waals surface area contributed by atoms with Crippen LogP contribution in [0.2, 0.25) is 0 Å². The van der Waals surface area contributed by atoms with E-state index in [1.165, 1.54) is 6.92 Å². The number of amides is 1. The molecule has 6 heteroatoms. The van der Waals surface area contributed by atoms with Gasteiger partial charge in [0.15, 0.2) is 6.29 Å². The van der Waals surface area contributed by atoms with Crippen molar-refractivity contribution in [1.29, 1.82) is 0 Å². The van der Waals surface area contributed by atoms with Crippen LogP contribution in [0.1, 0.15) is 6.92 Å². The van der Waals surface area contributed by atoms with Gasteiger partial charge in [0, 0.05) is 13.5 Å². The van der Waals surface area contributed by atoms with E-state index in [0.717, 1.165) is 0 Å². The first kappa shape index (κ1) is 10.4. The standard InChI is InChI=1S/C7H13NO5/c1-3(9)8-2-4-5(10)6(11)7(12)13-4/h4-7,10-12H,2H2,1H3,(H,8,9)/t4-,5-,6-,7?/m1/s1. The summed E-state index contributed by atoms with van der Waals surface area (Å²) in [5.41, 5.74) is 0. The van der Waals surface area contributed by atoms with E-state index >= 15 is 0 Å². The van der Waals surface area contributed by atoms with Gasteiger partial charge >= 0.3 is 0 Å². The number of aliphatic hydroxyl groups excluding tert-OH is 3. The number of carbonyl (C=O) groups excluding carboxylic acids is 1. The first-order valence-electron chi connectivity index (χ1n) is 3.96. The molecular weight excluding hydrogens is 178 g/mol. The Kier molecular flexibility index (Phi) is 3.21. The lowest BCUT2D eigenvalue weighted by Gasteiger charge is -2.13. The highest BCUT2D eigenvalue weighted by atomic mass is 16.6. The average molecular weight is 191 g/mol. The molecule has 1 aliphatic heterocycles. The third kappa shape index (κ3) is 2.38. The Labute approximate surface area is 75.1 Å². The molecule has 1 unspecified atom stereocenters. The van der Waals surface area contributed by atoms with Crippen LogP contribution in [0, 0.1) is 0 Å². The molecule has 0 aromatic heterocycles. The third-order valence-electron chi connectivity index (χ3n) is 1.89. The molecule has 4 N–H and O–H groups in total. The van der Waals surface area contributed by atoms with Crippen molar-refractivity contribution in [3.8, 4) is 0 Å². The van der Waals surface area contributed by atoms with Crippen molar-refractivity contribution < 1.29 is 24.9 Å². The van der Waals surface area contributed by atoms with Crippen LogP contribution in [-0.2, 0) is 9.53 Å².